The molecule has 0 aromatic carbocycles. The third kappa shape index (κ3) is 2.06. The molecule has 0 saturated heterocycles. The fraction of sp³-hybridized carbons (Fsp3) is 0.429. The number of nitrogens with zero attached hydrogens (tertiary/aromatic N) is 1. The Morgan fingerprint density at radius 1 is 1.83 bits per heavy atom. The molecule has 1 unspecified atom stereocenters. The maximum absolute atomic E-state index is 10.2. The minimum atomic E-state index is -1.04. The monoisotopic (exact) mass is 170 g/mol. The lowest BCUT2D eigenvalue weighted by atomic mass is 10.2. The first-order chi connectivity index (χ1) is 5.59. The summed E-state index contributed by atoms with van der Waals surface area (Å²) in [5.41, 5.74) is 1.17. The molecule has 1 aromatic rings. The molecular weight excluding hydrogens is 160 g/mol. The molecule has 5 heteroatoms. The maximum Gasteiger partial charge on any atom is 0.306 e. The van der Waals surface area contributed by atoms with Crippen molar-refractivity contribution in [3.05, 3.63) is 17.5 Å². The van der Waals surface area contributed by atoms with Crippen LogP contribution in [0.5, 0.6) is 0 Å². The van der Waals surface area contributed by atoms with Crippen LogP contribution < -0.4 is 0 Å². The van der Waals surface area contributed by atoms with Crippen molar-refractivity contribution in [3.8, 4) is 0 Å². The lowest BCUT2D eigenvalue weighted by Gasteiger charge is -2.01. The van der Waals surface area contributed by atoms with Crippen molar-refractivity contribution in [1.82, 2.24) is 10.2 Å². The molecule has 0 radical (unpaired) electrons. The molecular formula is C7H10N2O3. The molecule has 0 aliphatic rings. The summed E-state index contributed by atoms with van der Waals surface area (Å²) in [6.45, 7) is 1.78. The molecule has 3 N–H and O–H groups in total. The smallest absolute Gasteiger partial charge is 0.306 e. The maximum atomic E-state index is 10.2. The fourth-order valence-corrected chi connectivity index (χ4v) is 0.880. The zero-order valence-corrected chi connectivity index (χ0v) is 6.61. The lowest BCUT2D eigenvalue weighted by molar-refractivity contribution is -0.139. The van der Waals surface area contributed by atoms with Gasteiger partial charge in [0.25, 0.3) is 0 Å². The Kier molecular flexibility index (Phi) is 2.44. The number of aryl methyl sites for hydroxylation is 1. The van der Waals surface area contributed by atoms with Crippen LogP contribution in [0.1, 0.15) is 23.9 Å². The number of aliphatic carboxylic acids is 1. The Morgan fingerprint density at radius 3 is 2.92 bits per heavy atom. The highest BCUT2D eigenvalue weighted by atomic mass is 16.4. The van der Waals surface area contributed by atoms with Gasteiger partial charge in [-0.2, -0.15) is 5.10 Å². The number of carboxylic acid groups (broad SMARTS) is 1. The van der Waals surface area contributed by atoms with Crippen molar-refractivity contribution in [2.24, 2.45) is 0 Å². The number of aromatic amines is 1. The van der Waals surface area contributed by atoms with Gasteiger partial charge in [-0.15, -0.1) is 0 Å². The molecule has 1 atom stereocenters. The van der Waals surface area contributed by atoms with Crippen LogP contribution >= 0.6 is 0 Å². The van der Waals surface area contributed by atoms with E-state index in [2.05, 4.69) is 10.2 Å². The highest BCUT2D eigenvalue weighted by Crippen LogP contribution is 2.13. The first kappa shape index (κ1) is 8.73. The van der Waals surface area contributed by atoms with Gasteiger partial charge in [0.1, 0.15) is 6.10 Å². The molecule has 0 fully saturated rings. The van der Waals surface area contributed by atoms with Gasteiger partial charge in [0.2, 0.25) is 0 Å². The Morgan fingerprint density at radius 2 is 2.50 bits per heavy atom. The normalized spacial score (nSPS) is 12.8. The Bertz CT molecular complexity index is 282. The number of aromatic nitrogens is 2. The number of aliphatic hydroxyl groups excluding tert-OH is 1. The van der Waals surface area contributed by atoms with E-state index in [-0.39, 0.29) is 6.42 Å². The van der Waals surface area contributed by atoms with Crippen LogP contribution in [0.3, 0.4) is 0 Å². The molecule has 0 saturated carbocycles. The van der Waals surface area contributed by atoms with E-state index in [0.717, 1.165) is 5.69 Å². The Balaban J connectivity index is 2.64. The summed E-state index contributed by atoms with van der Waals surface area (Å²) in [6.07, 6.45) is -1.34. The second kappa shape index (κ2) is 3.36. The summed E-state index contributed by atoms with van der Waals surface area (Å²) in [5, 5.41) is 23.9. The molecule has 5 nitrogen and oxygen atoms in total. The van der Waals surface area contributed by atoms with Gasteiger partial charge in [0.15, 0.2) is 0 Å². The molecule has 12 heavy (non-hydrogen) atoms. The van der Waals surface area contributed by atoms with Crippen LogP contribution in [-0.4, -0.2) is 26.4 Å². The second-order valence-electron chi connectivity index (χ2n) is 2.59. The molecule has 0 amide bonds. The Hall–Kier alpha value is -1.36. The first-order valence-corrected chi connectivity index (χ1v) is 3.51. The van der Waals surface area contributed by atoms with Gasteiger partial charge in [-0.1, -0.05) is 0 Å². The van der Waals surface area contributed by atoms with Crippen LogP contribution in [0, 0.1) is 6.92 Å². The van der Waals surface area contributed by atoms with Crippen molar-refractivity contribution in [2.75, 3.05) is 0 Å². The van der Waals surface area contributed by atoms with Gasteiger partial charge in [-0.25, -0.2) is 0 Å². The van der Waals surface area contributed by atoms with Crippen molar-refractivity contribution >= 4 is 5.97 Å². The van der Waals surface area contributed by atoms with Gasteiger partial charge in [-0.05, 0) is 13.0 Å². The van der Waals surface area contributed by atoms with E-state index in [1.54, 1.807) is 13.0 Å². The van der Waals surface area contributed by atoms with Gasteiger partial charge >= 0.3 is 5.97 Å². The number of hydrogen-bond donors (Lipinski definition) is 3. The molecule has 0 aliphatic carbocycles. The number of nitrogens with one attached hydrogen (secondary N) is 1. The first-order valence-electron chi connectivity index (χ1n) is 3.51. The van der Waals surface area contributed by atoms with E-state index in [1.165, 1.54) is 0 Å². The average molecular weight is 170 g/mol. The number of rotatable bonds is 3. The summed E-state index contributed by atoms with van der Waals surface area (Å²) in [6, 6.07) is 1.62. The number of carbonyl (C=O) groups is 1. The van der Waals surface area contributed by atoms with E-state index < -0.39 is 12.1 Å². The van der Waals surface area contributed by atoms with Crippen LogP contribution in [0.2, 0.25) is 0 Å². The number of aliphatic hydroxyl groups is 1. The van der Waals surface area contributed by atoms with Crippen LogP contribution in [0.15, 0.2) is 6.07 Å². The third-order valence-electron chi connectivity index (χ3n) is 1.44. The quantitative estimate of drug-likeness (QED) is 0.605. The predicted octanol–water partition coefficient (Wildman–Crippen LogP) is 0.226. The van der Waals surface area contributed by atoms with Gasteiger partial charge in [-0.3, -0.25) is 9.89 Å². The third-order valence-corrected chi connectivity index (χ3v) is 1.44. The Labute approximate surface area is 69.0 Å². The highest BCUT2D eigenvalue weighted by Gasteiger charge is 2.14. The van der Waals surface area contributed by atoms with E-state index in [4.69, 9.17) is 5.11 Å². The van der Waals surface area contributed by atoms with Gasteiger partial charge in [0, 0.05) is 5.69 Å². The molecule has 0 aliphatic heterocycles. The van der Waals surface area contributed by atoms with Crippen molar-refractivity contribution in [2.45, 2.75) is 19.4 Å². The molecule has 0 bridgehead atoms. The van der Waals surface area contributed by atoms with Crippen molar-refractivity contribution in [1.29, 1.82) is 0 Å². The summed E-state index contributed by atoms with van der Waals surface area (Å²) < 4.78 is 0. The molecule has 1 heterocycles. The average Bonchev–Trinajstić information content (AvgIpc) is 2.34. The highest BCUT2D eigenvalue weighted by molar-refractivity contribution is 5.67. The number of carboxylic acids is 1. The number of hydrogen-bond acceptors (Lipinski definition) is 3. The summed E-state index contributed by atoms with van der Waals surface area (Å²) in [5.74, 6) is -1.04. The standard InChI is InChI=1S/C7H10N2O3/c1-4-2-5(9-8-4)6(10)3-7(11)12/h2,6,10H,3H2,1H3,(H,8,9)(H,11,12). The van der Waals surface area contributed by atoms with Crippen LogP contribution in [0.25, 0.3) is 0 Å². The molecule has 1 rings (SSSR count). The van der Waals surface area contributed by atoms with Crippen molar-refractivity contribution < 1.29 is 15.0 Å². The minimum absolute atomic E-state index is 0.315. The second-order valence-corrected chi connectivity index (χ2v) is 2.59. The van der Waals surface area contributed by atoms with Crippen LogP contribution in [0.4, 0.5) is 0 Å². The van der Waals surface area contributed by atoms with Crippen LogP contribution in [-0.2, 0) is 4.79 Å². The number of H-pyrrole nitrogens is 1. The molecule has 66 valence electrons. The minimum Gasteiger partial charge on any atom is -0.481 e. The summed E-state index contributed by atoms with van der Waals surface area (Å²) in [7, 11) is 0. The van der Waals surface area contributed by atoms with E-state index in [0.29, 0.717) is 5.69 Å². The van der Waals surface area contributed by atoms with Gasteiger partial charge in [0.05, 0.1) is 12.1 Å². The zero-order valence-electron chi connectivity index (χ0n) is 6.61. The summed E-state index contributed by atoms with van der Waals surface area (Å²) >= 11 is 0. The van der Waals surface area contributed by atoms with E-state index in [1.807, 2.05) is 0 Å². The van der Waals surface area contributed by atoms with E-state index in [9.17, 15) is 9.90 Å². The predicted molar refractivity (Wildman–Crippen MR) is 40.5 cm³/mol. The molecule has 1 aromatic heterocycles. The van der Waals surface area contributed by atoms with Gasteiger partial charge < -0.3 is 10.2 Å². The SMILES string of the molecule is Cc1cc(C(O)CC(=O)O)n[nH]1. The fourth-order valence-electron chi connectivity index (χ4n) is 0.880. The molecule has 0 spiro atoms. The topological polar surface area (TPSA) is 86.2 Å². The lowest BCUT2D eigenvalue weighted by Crippen LogP contribution is -2.05. The van der Waals surface area contributed by atoms with Crippen molar-refractivity contribution in [3.63, 3.8) is 0 Å². The van der Waals surface area contributed by atoms with E-state index >= 15 is 0 Å². The largest absolute Gasteiger partial charge is 0.481 e. The zero-order chi connectivity index (χ0) is 9.14. The summed E-state index contributed by atoms with van der Waals surface area (Å²) in [4.78, 5) is 10.2.